The Labute approximate surface area is 262 Å². The average Bonchev–Trinajstić information content (AvgIpc) is 3.79. The monoisotopic (exact) mass is 609 g/mol. The Balaban J connectivity index is 1.40. The number of H-pyrrole nitrogens is 1. The van der Waals surface area contributed by atoms with Crippen molar-refractivity contribution in [2.24, 2.45) is 18.9 Å². The van der Waals surface area contributed by atoms with E-state index in [1.165, 1.54) is 42.4 Å². The van der Waals surface area contributed by atoms with Crippen LogP contribution in [-0.4, -0.2) is 19.6 Å². The fourth-order valence-electron chi connectivity index (χ4n) is 7.58. The molecule has 2 fully saturated rings. The number of aromatic nitrogens is 3. The van der Waals surface area contributed by atoms with E-state index in [1.807, 2.05) is 12.1 Å². The normalized spacial score (nSPS) is 19.6. The van der Waals surface area contributed by atoms with Gasteiger partial charge in [0.1, 0.15) is 34.4 Å². The molecule has 2 aromatic carbocycles. The highest BCUT2D eigenvalue weighted by atomic mass is 19.1. The zero-order valence-electron chi connectivity index (χ0n) is 26.8. The van der Waals surface area contributed by atoms with Gasteiger partial charge in [-0.05, 0) is 112 Å². The number of hydrogen-bond acceptors (Lipinski definition) is 5. The van der Waals surface area contributed by atoms with Crippen molar-refractivity contribution in [2.75, 3.05) is 0 Å². The summed E-state index contributed by atoms with van der Waals surface area (Å²) in [5, 5.41) is 11.4. The fraction of sp³-hybridized carbons (Fsp3) is 0.405. The lowest BCUT2D eigenvalue weighted by Crippen LogP contribution is -2.17. The summed E-state index contributed by atoms with van der Waals surface area (Å²) in [6.45, 7) is 9.15. The Morgan fingerprint density at radius 2 is 1.87 bits per heavy atom. The maximum absolute atomic E-state index is 14.1. The number of aryl methyl sites for hydroxylation is 4. The standard InChI is InChI=1S/C37H40FN3O4/c1-7-29-32(40-35(39-29)25-15-21-8-9-22(25)14-21)31-17-27-34(45-31)28(18-41(6)36(27)42)26-16-23(37(4,5)43)10-11-30(26)44-33-19(2)12-24(38)13-20(33)3/h10-13,16-18,21-22,25,43H,7-9,14-15H2,1-6H3,(H,39,40). The van der Waals surface area contributed by atoms with Crippen molar-refractivity contribution in [3.05, 3.63) is 87.0 Å². The number of furan rings is 1. The van der Waals surface area contributed by atoms with E-state index in [-0.39, 0.29) is 11.4 Å². The van der Waals surface area contributed by atoms with Crippen LogP contribution < -0.4 is 10.3 Å². The third kappa shape index (κ3) is 5.09. The molecule has 8 heteroatoms. The quantitative estimate of drug-likeness (QED) is 0.193. The highest BCUT2D eigenvalue weighted by Crippen LogP contribution is 2.52. The van der Waals surface area contributed by atoms with Crippen LogP contribution in [0.15, 0.2) is 51.8 Å². The molecule has 0 spiro atoms. The number of nitrogens with one attached hydrogen (secondary N) is 1. The summed E-state index contributed by atoms with van der Waals surface area (Å²) in [4.78, 5) is 22.2. The zero-order chi connectivity index (χ0) is 31.8. The van der Waals surface area contributed by atoms with Gasteiger partial charge in [-0.2, -0.15) is 0 Å². The molecule has 3 atom stereocenters. The minimum atomic E-state index is -1.13. The van der Waals surface area contributed by atoms with Crippen LogP contribution in [0.3, 0.4) is 0 Å². The summed E-state index contributed by atoms with van der Waals surface area (Å²) >= 11 is 0. The predicted octanol–water partition coefficient (Wildman–Crippen LogP) is 8.43. The maximum atomic E-state index is 14.1. The summed E-state index contributed by atoms with van der Waals surface area (Å²) in [5.41, 5.74) is 4.12. The molecule has 234 valence electrons. The number of rotatable bonds is 7. The Hall–Kier alpha value is -4.17. The van der Waals surface area contributed by atoms with Crippen molar-refractivity contribution in [3.63, 3.8) is 0 Å². The van der Waals surface area contributed by atoms with Crippen molar-refractivity contribution in [3.8, 4) is 34.1 Å². The van der Waals surface area contributed by atoms with Gasteiger partial charge in [-0.15, -0.1) is 0 Å². The number of pyridine rings is 1. The molecule has 2 aliphatic rings. The molecule has 2 N–H and O–H groups in total. The van der Waals surface area contributed by atoms with E-state index in [0.29, 0.717) is 67.9 Å². The van der Waals surface area contributed by atoms with Gasteiger partial charge < -0.3 is 23.8 Å². The van der Waals surface area contributed by atoms with Crippen LogP contribution >= 0.6 is 0 Å². The van der Waals surface area contributed by atoms with E-state index >= 15 is 0 Å². The van der Waals surface area contributed by atoms with Gasteiger partial charge in [-0.3, -0.25) is 4.79 Å². The van der Waals surface area contributed by atoms with Gasteiger partial charge in [0.05, 0.1) is 11.0 Å². The minimum Gasteiger partial charge on any atom is -0.456 e. The first-order chi connectivity index (χ1) is 21.4. The highest BCUT2D eigenvalue weighted by Gasteiger charge is 2.42. The van der Waals surface area contributed by atoms with Gasteiger partial charge in [0, 0.05) is 36.0 Å². The van der Waals surface area contributed by atoms with Crippen LogP contribution in [0.1, 0.15) is 80.6 Å². The number of imidazole rings is 1. The Morgan fingerprint density at radius 1 is 1.11 bits per heavy atom. The molecule has 5 aromatic rings. The number of ether oxygens (including phenoxy) is 1. The lowest BCUT2D eigenvalue weighted by molar-refractivity contribution is 0.0786. The SMILES string of the molecule is CCc1[nH]c(C2CC3CCC2C3)nc1-c1cc2c(=O)n(C)cc(-c3cc(C(C)(C)O)ccc3Oc3c(C)cc(F)cc3C)c2o1. The molecule has 7 rings (SSSR count). The van der Waals surface area contributed by atoms with Crippen LogP contribution in [0.4, 0.5) is 4.39 Å². The molecule has 7 nitrogen and oxygen atoms in total. The Bertz CT molecular complexity index is 1990. The molecule has 2 saturated carbocycles. The smallest absolute Gasteiger partial charge is 0.261 e. The zero-order valence-corrected chi connectivity index (χ0v) is 26.8. The first-order valence-corrected chi connectivity index (χ1v) is 16.0. The maximum Gasteiger partial charge on any atom is 0.261 e. The molecule has 0 aliphatic heterocycles. The summed E-state index contributed by atoms with van der Waals surface area (Å²) in [7, 11) is 1.71. The van der Waals surface area contributed by atoms with Gasteiger partial charge in [-0.25, -0.2) is 9.37 Å². The topological polar surface area (TPSA) is 93.3 Å². The van der Waals surface area contributed by atoms with E-state index < -0.39 is 5.60 Å². The molecule has 2 aliphatic carbocycles. The van der Waals surface area contributed by atoms with Crippen molar-refractivity contribution in [1.82, 2.24) is 14.5 Å². The molecule has 0 saturated heterocycles. The third-order valence-electron chi connectivity index (χ3n) is 9.94. The van der Waals surface area contributed by atoms with E-state index in [0.717, 1.165) is 29.6 Å². The Morgan fingerprint density at radius 3 is 2.51 bits per heavy atom. The molecule has 3 unspecified atom stereocenters. The summed E-state index contributed by atoms with van der Waals surface area (Å²) < 4.78 is 28.7. The average molecular weight is 610 g/mol. The molecule has 3 aromatic heterocycles. The summed E-state index contributed by atoms with van der Waals surface area (Å²) in [6, 6.07) is 10.2. The van der Waals surface area contributed by atoms with Crippen LogP contribution in [0, 0.1) is 31.5 Å². The Kier molecular flexibility index (Phi) is 7.04. The van der Waals surface area contributed by atoms with Crippen LogP contribution in [0.25, 0.3) is 33.6 Å². The van der Waals surface area contributed by atoms with Gasteiger partial charge in [0.2, 0.25) is 0 Å². The number of nitrogens with zero attached hydrogens (tertiary/aromatic N) is 2. The number of aliphatic hydroxyl groups is 1. The molecular formula is C37H40FN3O4. The lowest BCUT2D eigenvalue weighted by Gasteiger charge is -2.21. The summed E-state index contributed by atoms with van der Waals surface area (Å²) in [5.74, 6) is 4.21. The lowest BCUT2D eigenvalue weighted by atomic mass is 9.88. The molecule has 0 radical (unpaired) electrons. The van der Waals surface area contributed by atoms with Crippen molar-refractivity contribution >= 4 is 11.0 Å². The van der Waals surface area contributed by atoms with Gasteiger partial charge >= 0.3 is 0 Å². The fourth-order valence-corrected chi connectivity index (χ4v) is 7.58. The molecular weight excluding hydrogens is 569 g/mol. The second-order valence-corrected chi connectivity index (χ2v) is 13.6. The van der Waals surface area contributed by atoms with Crippen molar-refractivity contribution in [2.45, 2.75) is 78.2 Å². The first kappa shape index (κ1) is 29.5. The largest absolute Gasteiger partial charge is 0.456 e. The third-order valence-corrected chi connectivity index (χ3v) is 9.94. The number of fused-ring (bicyclic) bond motifs is 3. The van der Waals surface area contributed by atoms with Gasteiger partial charge in [-0.1, -0.05) is 19.4 Å². The van der Waals surface area contributed by atoms with Crippen molar-refractivity contribution in [1.29, 1.82) is 0 Å². The van der Waals surface area contributed by atoms with Crippen LogP contribution in [0.5, 0.6) is 11.5 Å². The highest BCUT2D eigenvalue weighted by molar-refractivity contribution is 5.95. The first-order valence-electron chi connectivity index (χ1n) is 16.0. The van der Waals surface area contributed by atoms with Gasteiger partial charge in [0.15, 0.2) is 5.76 Å². The summed E-state index contributed by atoms with van der Waals surface area (Å²) in [6.07, 6.45) is 7.56. The second-order valence-electron chi connectivity index (χ2n) is 13.6. The molecule has 45 heavy (non-hydrogen) atoms. The van der Waals surface area contributed by atoms with E-state index in [9.17, 15) is 14.3 Å². The minimum absolute atomic E-state index is 0.183. The number of benzene rings is 2. The predicted molar refractivity (Wildman–Crippen MR) is 173 cm³/mol. The van der Waals surface area contributed by atoms with E-state index in [1.54, 1.807) is 53.1 Å². The van der Waals surface area contributed by atoms with Gasteiger partial charge in [0.25, 0.3) is 5.56 Å². The van der Waals surface area contributed by atoms with E-state index in [2.05, 4.69) is 11.9 Å². The number of hydrogen-bond donors (Lipinski definition) is 2. The van der Waals surface area contributed by atoms with Crippen LogP contribution in [-0.2, 0) is 19.1 Å². The van der Waals surface area contributed by atoms with Crippen molar-refractivity contribution < 1.29 is 18.7 Å². The number of aromatic amines is 1. The van der Waals surface area contributed by atoms with E-state index in [4.69, 9.17) is 14.1 Å². The second kappa shape index (κ2) is 10.7. The number of halogens is 1. The molecule has 3 heterocycles. The molecule has 2 bridgehead atoms. The molecule has 0 amide bonds. The van der Waals surface area contributed by atoms with Crippen LogP contribution in [0.2, 0.25) is 0 Å².